The zero-order chi connectivity index (χ0) is 52.7. The molecule has 2 amide bonds. The van der Waals surface area contributed by atoms with Gasteiger partial charge in [-0.05, 0) is 168 Å². The molecule has 0 bridgehead atoms. The van der Waals surface area contributed by atoms with Gasteiger partial charge in [0.1, 0.15) is 0 Å². The average Bonchev–Trinajstić information content (AvgIpc) is 4.34. The maximum absolute atomic E-state index is 11.4. The molecular formula is C70H60FeMoNO2P4+. The van der Waals surface area contributed by atoms with Crippen molar-refractivity contribution < 1.29 is 47.7 Å². The fraction of sp³-hybridized carbons (Fsp3) is 0.0571. The van der Waals surface area contributed by atoms with Crippen molar-refractivity contribution in [2.75, 3.05) is 24.6 Å². The first-order chi connectivity index (χ1) is 38.1. The Labute approximate surface area is 501 Å². The van der Waals surface area contributed by atoms with E-state index in [0.717, 1.165) is 11.5 Å². The summed E-state index contributed by atoms with van der Waals surface area (Å²) in [4.78, 5) is 22.7. The number of imide groups is 1. The van der Waals surface area contributed by atoms with Crippen LogP contribution in [0.1, 0.15) is 26.3 Å². The quantitative estimate of drug-likeness (QED) is 0.0583. The third-order valence-electron chi connectivity index (χ3n) is 12.9. The molecular weight excluding hydrogens is 1160 g/mol. The Hall–Kier alpha value is -4.95. The summed E-state index contributed by atoms with van der Waals surface area (Å²) < 4.78 is 0. The molecule has 2 saturated carbocycles. The van der Waals surface area contributed by atoms with Crippen molar-refractivity contribution in [2.24, 2.45) is 0 Å². The molecule has 79 heavy (non-hydrogen) atoms. The second-order valence-electron chi connectivity index (χ2n) is 17.9. The van der Waals surface area contributed by atoms with E-state index in [4.69, 9.17) is 0 Å². The van der Waals surface area contributed by atoms with Crippen molar-refractivity contribution in [3.8, 4) is 0 Å². The van der Waals surface area contributed by atoms with E-state index in [2.05, 4.69) is 248 Å². The maximum atomic E-state index is 11.4. The van der Waals surface area contributed by atoms with E-state index in [-0.39, 0.29) is 69.8 Å². The van der Waals surface area contributed by atoms with E-state index in [9.17, 15) is 9.59 Å². The molecule has 2 aliphatic carbocycles. The largest absolute Gasteiger partial charge is 2.00 e. The Bertz CT molecular complexity index is 2640. The van der Waals surface area contributed by atoms with Gasteiger partial charge in [-0.3, -0.25) is 0 Å². The van der Waals surface area contributed by atoms with E-state index >= 15 is 0 Å². The number of hydrogen-bond acceptors (Lipinski definition) is 2. The van der Waals surface area contributed by atoms with Gasteiger partial charge < -0.3 is 14.9 Å². The van der Waals surface area contributed by atoms with Crippen LogP contribution < -0.4 is 42.4 Å². The maximum Gasteiger partial charge on any atom is 2.00 e. The zero-order valence-electron chi connectivity index (χ0n) is 43.7. The Morgan fingerprint density at radius 2 is 0.506 bits per heavy atom. The molecule has 390 valence electrons. The molecule has 9 aromatic rings. The first-order valence-corrected chi connectivity index (χ1v) is 32.0. The minimum absolute atomic E-state index is 0. The van der Waals surface area contributed by atoms with Gasteiger partial charge in [-0.2, -0.15) is 0 Å². The van der Waals surface area contributed by atoms with Crippen LogP contribution in [0.25, 0.3) is 5.32 Å². The zero-order valence-corrected chi connectivity index (χ0v) is 50.4. The van der Waals surface area contributed by atoms with Crippen molar-refractivity contribution >= 4 is 85.9 Å². The van der Waals surface area contributed by atoms with Gasteiger partial charge in [-0.25, -0.2) is 0 Å². The number of hydrogen-bond donors (Lipinski definition) is 0. The van der Waals surface area contributed by atoms with E-state index in [1.807, 2.05) is 63.9 Å². The van der Waals surface area contributed by atoms with Crippen molar-refractivity contribution in [3.05, 3.63) is 347 Å². The van der Waals surface area contributed by atoms with E-state index in [1.54, 1.807) is 12.1 Å². The van der Waals surface area contributed by atoms with Crippen molar-refractivity contribution in [3.63, 3.8) is 0 Å². The average molecular weight is 1220 g/mol. The predicted octanol–water partition coefficient (Wildman–Crippen LogP) is 13.6. The van der Waals surface area contributed by atoms with Crippen LogP contribution in [0, 0.1) is 63.7 Å². The van der Waals surface area contributed by atoms with Gasteiger partial charge in [0.25, 0.3) is 0 Å². The summed E-state index contributed by atoms with van der Waals surface area (Å²) in [6, 6.07) is 93.6. The summed E-state index contributed by atoms with van der Waals surface area (Å²) in [7, 11) is -1.39. The smallest absolute Gasteiger partial charge is 0.587 e. The molecule has 0 atom stereocenters. The number of carbonyl (C=O) groups is 2. The third-order valence-corrected chi connectivity index (χ3v) is 23.6. The summed E-state index contributed by atoms with van der Waals surface area (Å²) in [5.41, 5.74) is 1.74. The fourth-order valence-corrected chi connectivity index (χ4v) is 19.8. The monoisotopic (exact) mass is 1220 g/mol. The van der Waals surface area contributed by atoms with Crippen molar-refractivity contribution in [1.82, 2.24) is 0 Å². The number of rotatable bonds is 15. The number of fused-ring (bicyclic) bond motifs is 1. The van der Waals surface area contributed by atoms with Gasteiger partial charge in [0.15, 0.2) is 0 Å². The molecule has 0 unspecified atom stereocenters. The van der Waals surface area contributed by atoms with Gasteiger partial charge in [-0.1, -0.05) is 255 Å². The standard InChI is InChI=1S/2C26H24P2.C13H8NO2.C5H5.Fe.Mo/c2*1-5-13-23(14-6-1)27(24-15-7-2-8-16-24)21-22-28(25-17-9-3-10-18-25)26-19-11-4-12-20-26;15-12-10-6-5-9(8-3-1-2-4-8)7-11(10)13(16)14-12;1-2-4-5-3-1;;/h2*1-20H,21-22H2;1-7H,(H,14,15,16);1-5H;;/q;;;;+2;/p-1. The Morgan fingerprint density at radius 3 is 0.747 bits per heavy atom. The number of carbonyl (C=O) groups excluding carboxylic acids is 2. The van der Waals surface area contributed by atoms with Crippen LogP contribution >= 0.6 is 31.7 Å². The summed E-state index contributed by atoms with van der Waals surface area (Å²) >= 11 is 0. The first kappa shape index (κ1) is 61.7. The molecule has 3 nitrogen and oxygen atoms in total. The van der Waals surface area contributed by atoms with E-state index in [0.29, 0.717) is 11.1 Å². The molecule has 10 radical (unpaired) electrons. The van der Waals surface area contributed by atoms with Crippen LogP contribution in [0.2, 0.25) is 0 Å². The Balaban J connectivity index is 0.000000167. The van der Waals surface area contributed by atoms with Crippen molar-refractivity contribution in [2.45, 2.75) is 0 Å². The molecule has 0 saturated heterocycles. The van der Waals surface area contributed by atoms with Gasteiger partial charge in [0.05, 0.1) is 11.8 Å². The molecule has 0 N–H and O–H groups in total. The summed E-state index contributed by atoms with van der Waals surface area (Å²) in [5, 5.41) is 15.2. The predicted molar refractivity (Wildman–Crippen MR) is 335 cm³/mol. The molecule has 9 aromatic carbocycles. The molecule has 1 aliphatic heterocycles. The SMILES string of the molecule is O=C1[N-]C(=O)c2cc([C]3[CH][CH][CH][CH]3)ccc21.[CH]1[CH][CH][CH][CH]1.[Fe+2].[Mo].c1ccc(P(CCP(c2ccccc2)c2ccccc2)c2ccccc2)cc1.c1ccc(P(CCP(c2ccccc2)c2ccccc2)c2ccccc2)cc1. The van der Waals surface area contributed by atoms with E-state index in [1.165, 1.54) is 67.1 Å². The first-order valence-electron chi connectivity index (χ1n) is 25.9. The van der Waals surface area contributed by atoms with Crippen LogP contribution in [0.3, 0.4) is 0 Å². The number of benzene rings is 9. The molecule has 9 heteroatoms. The summed E-state index contributed by atoms with van der Waals surface area (Å²) in [6.07, 6.45) is 22.6. The molecule has 3 aliphatic rings. The van der Waals surface area contributed by atoms with Crippen LogP contribution in [-0.4, -0.2) is 36.5 Å². The topological polar surface area (TPSA) is 48.2 Å². The second-order valence-corrected chi connectivity index (χ2v) is 27.3. The molecule has 2 fully saturated rings. The Morgan fingerprint density at radius 1 is 0.278 bits per heavy atom. The van der Waals surface area contributed by atoms with Crippen LogP contribution in [-0.2, 0) is 38.1 Å². The van der Waals surface area contributed by atoms with Gasteiger partial charge in [0, 0.05) is 38.1 Å². The molecule has 0 aromatic heterocycles. The van der Waals surface area contributed by atoms with Gasteiger partial charge in [-0.15, -0.1) is 0 Å². The molecule has 1 heterocycles. The van der Waals surface area contributed by atoms with Gasteiger partial charge >= 0.3 is 17.1 Å². The Kier molecular flexibility index (Phi) is 26.3. The van der Waals surface area contributed by atoms with Crippen LogP contribution in [0.4, 0.5) is 0 Å². The molecule has 12 rings (SSSR count). The number of nitrogens with zero attached hydrogens (tertiary/aromatic N) is 1. The van der Waals surface area contributed by atoms with Crippen LogP contribution in [0.5, 0.6) is 0 Å². The second kappa shape index (κ2) is 33.7. The van der Waals surface area contributed by atoms with Crippen LogP contribution in [0.15, 0.2) is 261 Å². The third kappa shape index (κ3) is 18.3. The van der Waals surface area contributed by atoms with Crippen molar-refractivity contribution in [1.29, 1.82) is 0 Å². The summed E-state index contributed by atoms with van der Waals surface area (Å²) in [6.45, 7) is 0. The normalized spacial score (nSPS) is 13.4. The van der Waals surface area contributed by atoms with Gasteiger partial charge in [0.2, 0.25) is 0 Å². The molecule has 0 spiro atoms. The van der Waals surface area contributed by atoms with E-state index < -0.39 is 11.8 Å². The summed E-state index contributed by atoms with van der Waals surface area (Å²) in [5.74, 6) is 0.164. The number of amides is 2. The minimum Gasteiger partial charge on any atom is -0.587 e. The fourth-order valence-electron chi connectivity index (χ4n) is 9.08. The minimum atomic E-state index is -0.437.